The average Bonchev–Trinajstić information content (AvgIpc) is 2.96. The van der Waals surface area contributed by atoms with Gasteiger partial charge < -0.3 is 19.5 Å². The van der Waals surface area contributed by atoms with Crippen LogP contribution in [0.25, 0.3) is 0 Å². The summed E-state index contributed by atoms with van der Waals surface area (Å²) in [4.78, 5) is 13.1. The lowest BCUT2D eigenvalue weighted by atomic mass is 10.0. The molecule has 0 unspecified atom stereocenters. The molecule has 8 nitrogen and oxygen atoms in total. The molecule has 0 fully saturated rings. The number of hydrogen-bond acceptors (Lipinski definition) is 6. The van der Waals surface area contributed by atoms with E-state index in [9.17, 15) is 13.2 Å². The summed E-state index contributed by atoms with van der Waals surface area (Å²) in [6.45, 7) is 2.12. The smallest absolute Gasteiger partial charge is 0.261 e. The third-order valence-corrected chi connectivity index (χ3v) is 6.40. The Bertz CT molecular complexity index is 1040. The van der Waals surface area contributed by atoms with Crippen LogP contribution in [0.15, 0.2) is 42.5 Å². The maximum Gasteiger partial charge on any atom is 0.261 e. The van der Waals surface area contributed by atoms with E-state index in [1.165, 1.54) is 4.31 Å². The molecule has 0 saturated carbocycles. The Hall–Kier alpha value is -2.94. The second-order valence-corrected chi connectivity index (χ2v) is 9.19. The lowest BCUT2D eigenvalue weighted by Crippen LogP contribution is -2.41. The summed E-state index contributed by atoms with van der Waals surface area (Å²) in [6, 6.07) is 12.1. The summed E-state index contributed by atoms with van der Waals surface area (Å²) in [5.74, 6) is 1.25. The highest BCUT2D eigenvalue weighted by molar-refractivity contribution is 7.92. The summed E-state index contributed by atoms with van der Waals surface area (Å²) in [7, 11) is -0.373. The highest BCUT2D eigenvalue weighted by atomic mass is 32.2. The largest absolute Gasteiger partial charge is 0.493 e. The fourth-order valence-corrected chi connectivity index (χ4v) is 4.56. The van der Waals surface area contributed by atoms with Crippen molar-refractivity contribution < 1.29 is 27.4 Å². The number of para-hydroxylation sites is 2. The molecule has 0 aromatic heterocycles. The van der Waals surface area contributed by atoms with Crippen molar-refractivity contribution in [2.75, 3.05) is 31.3 Å². The van der Waals surface area contributed by atoms with Crippen LogP contribution in [0.2, 0.25) is 0 Å². The summed E-state index contributed by atoms with van der Waals surface area (Å²) in [5, 5.41) is 3.03. The van der Waals surface area contributed by atoms with Crippen LogP contribution in [0, 0.1) is 0 Å². The highest BCUT2D eigenvalue weighted by Crippen LogP contribution is 2.34. The normalized spacial score (nSPS) is 17.0. The standard InChI is InChI=1S/C22H28N2O6S/c1-5-16(15-10-11-19(28-2)21(14-15)29-3)23-22(25)20-12-13-24(31(4,26)27)17-8-6-7-9-18(17)30-20/h6-11,14,16,20H,5,12-13H2,1-4H3,(H,23,25)/t16-,20-/m1/s1. The van der Waals surface area contributed by atoms with Crippen molar-refractivity contribution in [3.63, 3.8) is 0 Å². The maximum absolute atomic E-state index is 13.1. The minimum Gasteiger partial charge on any atom is -0.493 e. The fraction of sp³-hybridized carbons (Fsp3) is 0.409. The SMILES string of the molecule is CC[C@@H](NC(=O)[C@H]1CCN(S(C)(=O)=O)c2ccccc2O1)c1ccc(OC)c(OC)c1. The molecule has 0 aliphatic carbocycles. The summed E-state index contributed by atoms with van der Waals surface area (Å²) in [6.07, 6.45) is 1.21. The van der Waals surface area contributed by atoms with E-state index in [4.69, 9.17) is 14.2 Å². The molecule has 1 aliphatic heterocycles. The van der Waals surface area contributed by atoms with Gasteiger partial charge in [-0.25, -0.2) is 8.42 Å². The number of benzene rings is 2. The monoisotopic (exact) mass is 448 g/mol. The lowest BCUT2D eigenvalue weighted by Gasteiger charge is -2.22. The zero-order valence-corrected chi connectivity index (χ0v) is 18.9. The number of carbonyl (C=O) groups excluding carboxylic acids is 1. The number of ether oxygens (including phenoxy) is 3. The number of anilines is 1. The molecule has 2 aromatic rings. The molecule has 0 radical (unpaired) electrons. The van der Waals surface area contributed by atoms with Crippen LogP contribution in [0.3, 0.4) is 0 Å². The Kier molecular flexibility index (Phi) is 6.94. The average molecular weight is 449 g/mol. The van der Waals surface area contributed by atoms with Crippen molar-refractivity contribution in [2.45, 2.75) is 31.9 Å². The predicted octanol–water partition coefficient (Wildman–Crippen LogP) is 2.89. The van der Waals surface area contributed by atoms with Crippen molar-refractivity contribution in [2.24, 2.45) is 0 Å². The second-order valence-electron chi connectivity index (χ2n) is 7.28. The molecule has 1 aliphatic rings. The Morgan fingerprint density at radius 1 is 1.19 bits per heavy atom. The van der Waals surface area contributed by atoms with Crippen LogP contribution in [0.1, 0.15) is 31.4 Å². The number of nitrogens with zero attached hydrogens (tertiary/aromatic N) is 1. The fourth-order valence-electron chi connectivity index (χ4n) is 3.61. The third-order valence-electron chi connectivity index (χ3n) is 5.23. The molecule has 0 saturated heterocycles. The van der Waals surface area contributed by atoms with Crippen LogP contribution < -0.4 is 23.8 Å². The first kappa shape index (κ1) is 22.7. The van der Waals surface area contributed by atoms with Gasteiger partial charge in [0.25, 0.3) is 5.91 Å². The molecule has 0 bridgehead atoms. The van der Waals surface area contributed by atoms with Gasteiger partial charge in [-0.15, -0.1) is 0 Å². The zero-order chi connectivity index (χ0) is 22.6. The van der Waals surface area contributed by atoms with Crippen molar-refractivity contribution in [1.82, 2.24) is 5.32 Å². The van der Waals surface area contributed by atoms with Crippen molar-refractivity contribution in [3.05, 3.63) is 48.0 Å². The molecule has 168 valence electrons. The van der Waals surface area contributed by atoms with Gasteiger partial charge in [0, 0.05) is 13.0 Å². The number of methoxy groups -OCH3 is 2. The van der Waals surface area contributed by atoms with Crippen LogP contribution >= 0.6 is 0 Å². The maximum atomic E-state index is 13.1. The molecular formula is C22H28N2O6S. The van der Waals surface area contributed by atoms with E-state index in [2.05, 4.69) is 5.32 Å². The zero-order valence-electron chi connectivity index (χ0n) is 18.1. The first-order valence-corrected chi connectivity index (χ1v) is 11.9. The van der Waals surface area contributed by atoms with Gasteiger partial charge >= 0.3 is 0 Å². The van der Waals surface area contributed by atoms with E-state index in [1.54, 1.807) is 44.6 Å². The van der Waals surface area contributed by atoms with E-state index in [0.29, 0.717) is 29.4 Å². The van der Waals surface area contributed by atoms with Crippen LogP contribution in [-0.2, 0) is 14.8 Å². The minimum atomic E-state index is -3.50. The van der Waals surface area contributed by atoms with Gasteiger partial charge in [0.05, 0.1) is 32.2 Å². The lowest BCUT2D eigenvalue weighted by molar-refractivity contribution is -0.128. The number of hydrogen-bond donors (Lipinski definition) is 1. The van der Waals surface area contributed by atoms with Gasteiger partial charge in [-0.3, -0.25) is 9.10 Å². The molecule has 1 heterocycles. The molecule has 9 heteroatoms. The highest BCUT2D eigenvalue weighted by Gasteiger charge is 2.32. The van der Waals surface area contributed by atoms with E-state index >= 15 is 0 Å². The summed E-state index contributed by atoms with van der Waals surface area (Å²) < 4.78 is 42.4. The van der Waals surface area contributed by atoms with Gasteiger partial charge in [-0.1, -0.05) is 25.1 Å². The van der Waals surface area contributed by atoms with Crippen LogP contribution in [-0.4, -0.2) is 47.4 Å². The first-order valence-electron chi connectivity index (χ1n) is 10.0. The van der Waals surface area contributed by atoms with Crippen LogP contribution in [0.4, 0.5) is 5.69 Å². The molecule has 2 atom stereocenters. The predicted molar refractivity (Wildman–Crippen MR) is 118 cm³/mol. The second kappa shape index (κ2) is 9.47. The Labute approximate surface area is 183 Å². The quantitative estimate of drug-likeness (QED) is 0.700. The molecule has 31 heavy (non-hydrogen) atoms. The number of fused-ring (bicyclic) bond motifs is 1. The molecular weight excluding hydrogens is 420 g/mol. The van der Waals surface area contributed by atoms with Gasteiger partial charge in [0.1, 0.15) is 5.75 Å². The van der Waals surface area contributed by atoms with Gasteiger partial charge in [-0.2, -0.15) is 0 Å². The Balaban J connectivity index is 1.81. The summed E-state index contributed by atoms with van der Waals surface area (Å²) >= 11 is 0. The van der Waals surface area contributed by atoms with Gasteiger partial charge in [0.2, 0.25) is 10.0 Å². The molecule has 2 aromatic carbocycles. The molecule has 0 spiro atoms. The number of carbonyl (C=O) groups is 1. The Morgan fingerprint density at radius 3 is 2.55 bits per heavy atom. The summed E-state index contributed by atoms with van der Waals surface area (Å²) in [5.41, 5.74) is 1.31. The van der Waals surface area contributed by atoms with Crippen molar-refractivity contribution in [1.29, 1.82) is 0 Å². The minimum absolute atomic E-state index is 0.154. The number of amides is 1. The van der Waals surface area contributed by atoms with Gasteiger partial charge in [-0.05, 0) is 36.2 Å². The van der Waals surface area contributed by atoms with Crippen molar-refractivity contribution in [3.8, 4) is 17.2 Å². The number of rotatable bonds is 7. The van der Waals surface area contributed by atoms with Gasteiger partial charge in [0.15, 0.2) is 17.6 Å². The number of nitrogens with one attached hydrogen (secondary N) is 1. The third kappa shape index (κ3) is 5.04. The van der Waals surface area contributed by atoms with E-state index < -0.39 is 16.1 Å². The molecule has 1 N–H and O–H groups in total. The van der Waals surface area contributed by atoms with E-state index in [-0.39, 0.29) is 24.9 Å². The number of sulfonamides is 1. The molecule has 1 amide bonds. The Morgan fingerprint density at radius 2 is 1.90 bits per heavy atom. The molecule has 3 rings (SSSR count). The topological polar surface area (TPSA) is 94.2 Å². The first-order chi connectivity index (χ1) is 14.8. The van der Waals surface area contributed by atoms with Crippen LogP contribution in [0.5, 0.6) is 17.2 Å². The van der Waals surface area contributed by atoms with E-state index in [1.807, 2.05) is 19.1 Å². The van der Waals surface area contributed by atoms with Crippen molar-refractivity contribution >= 4 is 21.6 Å². The van der Waals surface area contributed by atoms with E-state index in [0.717, 1.165) is 11.8 Å².